The Kier molecular flexibility index (Phi) is 8.08. The van der Waals surface area contributed by atoms with E-state index in [1.807, 2.05) is 13.2 Å². The summed E-state index contributed by atoms with van der Waals surface area (Å²) in [6.45, 7) is 4.55. The Hall–Kier alpha value is -3.36. The van der Waals surface area contributed by atoms with Crippen molar-refractivity contribution in [2.45, 2.75) is 18.6 Å². The monoisotopic (exact) mass is 478 g/mol. The van der Waals surface area contributed by atoms with Crippen molar-refractivity contribution in [2.75, 3.05) is 43.4 Å². The Morgan fingerprint density at radius 3 is 2.67 bits per heavy atom. The largest absolute Gasteiger partial charge is 0.483 e. The van der Waals surface area contributed by atoms with Crippen LogP contribution in [0.25, 0.3) is 11.0 Å². The second-order valence-corrected chi connectivity index (χ2v) is 8.23. The van der Waals surface area contributed by atoms with Gasteiger partial charge in [0.05, 0.1) is 30.3 Å². The average Bonchev–Trinajstić information content (AvgIpc) is 3.52. The standard InChI is InChI=1S/C17H22N8OS.2CH2O2/c1-23-15-13(7-19-23)14(18)21-16(22-15)25-4-5-26-17(11-25)2-3-24(10-17)8-12-6-20-27-9-12;2*2-1-3/h6-7,9H,2-5,8,10-11H2,1H3,(H2,18,21,22);2*1H,(H,2,3). The van der Waals surface area contributed by atoms with Gasteiger partial charge in [-0.25, -0.2) is 4.37 Å². The van der Waals surface area contributed by atoms with Crippen LogP contribution in [-0.2, 0) is 27.9 Å². The highest BCUT2D eigenvalue weighted by Crippen LogP contribution is 2.32. The zero-order chi connectivity index (χ0) is 23.8. The van der Waals surface area contributed by atoms with Crippen molar-refractivity contribution in [1.82, 2.24) is 29.0 Å². The number of rotatable bonds is 3. The summed E-state index contributed by atoms with van der Waals surface area (Å²) >= 11 is 1.50. The molecule has 3 aromatic heterocycles. The third-order valence-corrected chi connectivity index (χ3v) is 6.06. The van der Waals surface area contributed by atoms with E-state index < -0.39 is 0 Å². The van der Waals surface area contributed by atoms with Gasteiger partial charge in [0.2, 0.25) is 5.95 Å². The first-order chi connectivity index (χ1) is 15.9. The van der Waals surface area contributed by atoms with E-state index in [1.165, 1.54) is 17.1 Å². The summed E-state index contributed by atoms with van der Waals surface area (Å²) in [5, 5.41) is 20.9. The third kappa shape index (κ3) is 5.71. The normalized spacial score (nSPS) is 20.1. The lowest BCUT2D eigenvalue weighted by atomic mass is 10.0. The Bertz CT molecular complexity index is 1060. The van der Waals surface area contributed by atoms with E-state index in [9.17, 15) is 0 Å². The number of fused-ring (bicyclic) bond motifs is 1. The summed E-state index contributed by atoms with van der Waals surface area (Å²) in [7, 11) is 1.87. The number of aryl methyl sites for hydroxylation is 1. The molecule has 1 spiro atoms. The molecule has 13 nitrogen and oxygen atoms in total. The number of aromatic nitrogens is 5. The summed E-state index contributed by atoms with van der Waals surface area (Å²) in [5.41, 5.74) is 7.99. The number of nitrogens with two attached hydrogens (primary N) is 1. The molecule has 0 aliphatic carbocycles. The number of likely N-dealkylation sites (tertiary alicyclic amines) is 1. The summed E-state index contributed by atoms with van der Waals surface area (Å²) in [4.78, 5) is 30.6. The second-order valence-electron chi connectivity index (χ2n) is 7.57. The van der Waals surface area contributed by atoms with Gasteiger partial charge in [0, 0.05) is 44.8 Å². The van der Waals surface area contributed by atoms with Gasteiger partial charge in [-0.15, -0.1) is 0 Å². The maximum Gasteiger partial charge on any atom is 0.290 e. The number of hydrogen-bond donors (Lipinski definition) is 3. The van der Waals surface area contributed by atoms with Crippen molar-refractivity contribution < 1.29 is 24.5 Å². The van der Waals surface area contributed by atoms with Crippen LogP contribution in [0, 0.1) is 0 Å². The fraction of sp³-hybridized carbons (Fsp3) is 0.474. The lowest BCUT2D eigenvalue weighted by Gasteiger charge is -2.40. The van der Waals surface area contributed by atoms with Gasteiger partial charge < -0.3 is 25.6 Å². The van der Waals surface area contributed by atoms with Gasteiger partial charge in [0.15, 0.2) is 5.65 Å². The number of carbonyl (C=O) groups is 2. The van der Waals surface area contributed by atoms with Crippen LogP contribution >= 0.6 is 11.5 Å². The number of morpholine rings is 1. The van der Waals surface area contributed by atoms with Crippen LogP contribution < -0.4 is 10.6 Å². The lowest BCUT2D eigenvalue weighted by molar-refractivity contribution is -0.123. The van der Waals surface area contributed by atoms with E-state index in [1.54, 1.807) is 10.9 Å². The first-order valence-electron chi connectivity index (χ1n) is 10.1. The molecule has 0 radical (unpaired) electrons. The molecule has 178 valence electrons. The second kappa shape index (κ2) is 11.0. The number of nitrogen functional groups attached to an aromatic ring is 1. The molecule has 0 bridgehead atoms. The molecule has 3 aromatic rings. The van der Waals surface area contributed by atoms with E-state index in [0.717, 1.165) is 50.2 Å². The molecule has 0 saturated carbocycles. The molecule has 0 aromatic carbocycles. The molecular formula is C19H26N8O5S. The fourth-order valence-corrected chi connectivity index (χ4v) is 4.59. The summed E-state index contributed by atoms with van der Waals surface area (Å²) in [6, 6.07) is 0. The highest BCUT2D eigenvalue weighted by molar-refractivity contribution is 7.03. The SMILES string of the molecule is Cn1ncc2c(N)nc(N3CCOC4(CCN(Cc5cnsc5)C4)C3)nc21.O=CO.O=CO. The van der Waals surface area contributed by atoms with Gasteiger partial charge >= 0.3 is 0 Å². The van der Waals surface area contributed by atoms with Crippen molar-refractivity contribution >= 4 is 47.3 Å². The molecule has 1 atom stereocenters. The zero-order valence-electron chi connectivity index (χ0n) is 18.1. The van der Waals surface area contributed by atoms with Crippen LogP contribution in [0.15, 0.2) is 17.8 Å². The van der Waals surface area contributed by atoms with E-state index >= 15 is 0 Å². The Morgan fingerprint density at radius 2 is 1.97 bits per heavy atom. The molecule has 5 rings (SSSR count). The van der Waals surface area contributed by atoms with Crippen molar-refractivity contribution in [3.63, 3.8) is 0 Å². The lowest BCUT2D eigenvalue weighted by Crippen LogP contribution is -2.53. The Labute approximate surface area is 193 Å². The maximum atomic E-state index is 8.36. The topological polar surface area (TPSA) is 173 Å². The third-order valence-electron chi connectivity index (χ3n) is 5.43. The van der Waals surface area contributed by atoms with E-state index in [2.05, 4.69) is 29.6 Å². The van der Waals surface area contributed by atoms with Crippen molar-refractivity contribution in [3.8, 4) is 0 Å². The van der Waals surface area contributed by atoms with E-state index in [4.69, 9.17) is 35.3 Å². The number of hydrogen-bond acceptors (Lipinski definition) is 11. The van der Waals surface area contributed by atoms with Gasteiger partial charge in [-0.1, -0.05) is 0 Å². The van der Waals surface area contributed by atoms with E-state index in [-0.39, 0.29) is 18.5 Å². The molecule has 2 saturated heterocycles. The number of ether oxygens (including phenoxy) is 1. The van der Waals surface area contributed by atoms with Crippen LogP contribution in [0.5, 0.6) is 0 Å². The Balaban J connectivity index is 0.000000464. The van der Waals surface area contributed by atoms with Gasteiger partial charge in [-0.2, -0.15) is 15.1 Å². The quantitative estimate of drug-likeness (QED) is 0.440. The van der Waals surface area contributed by atoms with Crippen LogP contribution in [0.4, 0.5) is 11.8 Å². The molecule has 14 heteroatoms. The van der Waals surface area contributed by atoms with Gasteiger partial charge in [-0.3, -0.25) is 19.2 Å². The smallest absolute Gasteiger partial charge is 0.290 e. The minimum absolute atomic E-state index is 0.179. The molecule has 33 heavy (non-hydrogen) atoms. The van der Waals surface area contributed by atoms with Gasteiger partial charge in [0.25, 0.3) is 12.9 Å². The molecule has 4 N–H and O–H groups in total. The van der Waals surface area contributed by atoms with Crippen LogP contribution in [0.1, 0.15) is 12.0 Å². The number of anilines is 2. The van der Waals surface area contributed by atoms with Crippen LogP contribution in [-0.4, -0.2) is 90.6 Å². The van der Waals surface area contributed by atoms with Crippen molar-refractivity contribution in [3.05, 3.63) is 23.3 Å². The van der Waals surface area contributed by atoms with Gasteiger partial charge in [0.1, 0.15) is 5.82 Å². The zero-order valence-corrected chi connectivity index (χ0v) is 18.9. The Morgan fingerprint density at radius 1 is 1.21 bits per heavy atom. The molecule has 2 aliphatic heterocycles. The van der Waals surface area contributed by atoms with Crippen LogP contribution in [0.3, 0.4) is 0 Å². The summed E-state index contributed by atoms with van der Waals surface area (Å²) in [5.74, 6) is 1.13. The molecular weight excluding hydrogens is 452 g/mol. The average molecular weight is 479 g/mol. The number of carboxylic acid groups (broad SMARTS) is 2. The highest BCUT2D eigenvalue weighted by Gasteiger charge is 2.43. The first kappa shape index (κ1) is 24.3. The first-order valence-corrected chi connectivity index (χ1v) is 10.9. The molecule has 5 heterocycles. The maximum absolute atomic E-state index is 8.36. The van der Waals surface area contributed by atoms with Crippen molar-refractivity contribution in [1.29, 1.82) is 0 Å². The highest BCUT2D eigenvalue weighted by atomic mass is 32.1. The molecule has 1 unspecified atom stereocenters. The molecule has 2 fully saturated rings. The minimum atomic E-state index is -0.250. The summed E-state index contributed by atoms with van der Waals surface area (Å²) < 4.78 is 12.2. The minimum Gasteiger partial charge on any atom is -0.483 e. The molecule has 2 aliphatic rings. The number of nitrogens with zero attached hydrogens (tertiary/aromatic N) is 7. The predicted molar refractivity (Wildman–Crippen MR) is 121 cm³/mol. The van der Waals surface area contributed by atoms with Gasteiger partial charge in [-0.05, 0) is 23.5 Å². The van der Waals surface area contributed by atoms with E-state index in [0.29, 0.717) is 18.4 Å². The van der Waals surface area contributed by atoms with Crippen molar-refractivity contribution in [2.24, 2.45) is 7.05 Å². The predicted octanol–water partition coefficient (Wildman–Crippen LogP) is 0.285. The fourth-order valence-electron chi connectivity index (χ4n) is 4.06. The summed E-state index contributed by atoms with van der Waals surface area (Å²) in [6.07, 6.45) is 4.66. The van der Waals surface area contributed by atoms with Crippen LogP contribution in [0.2, 0.25) is 0 Å². The molecule has 0 amide bonds.